The number of hydrogen-bond donors (Lipinski definition) is 3. The van der Waals surface area contributed by atoms with Crippen LogP contribution < -0.4 is 16.7 Å². The normalized spacial score (nSPS) is 21.9. The summed E-state index contributed by atoms with van der Waals surface area (Å²) in [6.07, 6.45) is -1.88. The lowest BCUT2D eigenvalue weighted by Crippen LogP contribution is -2.42. The summed E-state index contributed by atoms with van der Waals surface area (Å²) in [7, 11) is 0. The van der Waals surface area contributed by atoms with E-state index in [9.17, 15) is 33.1 Å². The maximum Gasteiger partial charge on any atom is 0.351 e. The lowest BCUT2D eigenvalue weighted by atomic mass is 10.1. The van der Waals surface area contributed by atoms with Crippen molar-refractivity contribution in [3.05, 3.63) is 22.7 Å². The number of nitrogens with two attached hydrogens (primary N) is 1. The van der Waals surface area contributed by atoms with Crippen molar-refractivity contribution in [2.75, 3.05) is 23.8 Å². The molecule has 0 bridgehead atoms. The third-order valence-corrected chi connectivity index (χ3v) is 6.17. The summed E-state index contributed by atoms with van der Waals surface area (Å²) in [5.41, 5.74) is 4.26. The molecule has 2 heterocycles. The van der Waals surface area contributed by atoms with Crippen molar-refractivity contribution >= 4 is 35.2 Å². The first-order valence-corrected chi connectivity index (χ1v) is 12.2. The van der Waals surface area contributed by atoms with Gasteiger partial charge in [0.1, 0.15) is 18.5 Å². The largest absolute Gasteiger partial charge is 0.462 e. The summed E-state index contributed by atoms with van der Waals surface area (Å²) in [5, 5.41) is 12.6. The van der Waals surface area contributed by atoms with Crippen LogP contribution in [0.4, 0.5) is 14.6 Å². The van der Waals surface area contributed by atoms with Crippen molar-refractivity contribution < 1.29 is 37.7 Å². The molecule has 35 heavy (non-hydrogen) atoms. The highest BCUT2D eigenvalue weighted by atomic mass is 32.2. The zero-order chi connectivity index (χ0) is 26.2. The minimum Gasteiger partial charge on any atom is -0.462 e. The molecule has 4 atom stereocenters. The number of nitrogen functional groups attached to an aromatic ring is 1. The molecule has 0 aromatic carbocycles. The van der Waals surface area contributed by atoms with Crippen LogP contribution in [0.15, 0.2) is 17.1 Å². The second kappa shape index (κ2) is 12.9. The molecule has 14 heteroatoms. The Hall–Kier alpha value is -2.58. The lowest BCUT2D eigenvalue weighted by molar-refractivity contribution is -0.147. The van der Waals surface area contributed by atoms with E-state index in [4.69, 9.17) is 15.2 Å². The summed E-state index contributed by atoms with van der Waals surface area (Å²) < 4.78 is 39.5. The van der Waals surface area contributed by atoms with Gasteiger partial charge >= 0.3 is 17.6 Å². The summed E-state index contributed by atoms with van der Waals surface area (Å²) in [4.78, 5) is 50.9. The fraction of sp³-hybridized carbons (Fsp3) is 0.667. The van der Waals surface area contributed by atoms with E-state index < -0.39 is 54.6 Å². The van der Waals surface area contributed by atoms with Crippen molar-refractivity contribution in [3.8, 4) is 0 Å². The van der Waals surface area contributed by atoms with Gasteiger partial charge in [0, 0.05) is 6.20 Å². The van der Waals surface area contributed by atoms with E-state index in [1.54, 1.807) is 0 Å². The second-order valence-corrected chi connectivity index (χ2v) is 9.08. The fourth-order valence-corrected chi connectivity index (χ4v) is 3.99. The minimum absolute atomic E-state index is 0.109. The Bertz CT molecular complexity index is 962. The van der Waals surface area contributed by atoms with Gasteiger partial charge in [0.25, 0.3) is 0 Å². The highest BCUT2D eigenvalue weighted by molar-refractivity contribution is 8.00. The Morgan fingerprint density at radius 2 is 2.09 bits per heavy atom. The van der Waals surface area contributed by atoms with Crippen LogP contribution in [0.3, 0.4) is 0 Å². The topological polar surface area (TPSA) is 163 Å². The maximum atomic E-state index is 14.5. The number of aromatic nitrogens is 2. The predicted molar refractivity (Wildman–Crippen MR) is 123 cm³/mol. The smallest absolute Gasteiger partial charge is 0.351 e. The van der Waals surface area contributed by atoms with E-state index >= 15 is 0 Å². The number of anilines is 1. The van der Waals surface area contributed by atoms with Gasteiger partial charge in [-0.1, -0.05) is 26.2 Å². The molecule has 2 rings (SSSR count). The SMILES string of the molecule is CCCCCC(NC(=O)CSCC(=O)OC[C@H]1O[C@@H](n2ccc(N)nc2=O)C(F)(F)[C@H]1O)C(C)=O. The Morgan fingerprint density at radius 1 is 1.37 bits per heavy atom. The lowest BCUT2D eigenvalue weighted by Gasteiger charge is -2.20. The molecule has 1 unspecified atom stereocenters. The van der Waals surface area contributed by atoms with Crippen LogP contribution in [-0.2, 0) is 23.9 Å². The number of carbonyl (C=O) groups excluding carboxylic acids is 3. The maximum absolute atomic E-state index is 14.5. The molecule has 11 nitrogen and oxygen atoms in total. The number of rotatable bonds is 13. The molecule has 1 aromatic heterocycles. The van der Waals surface area contributed by atoms with Crippen LogP contribution in [0.1, 0.15) is 45.8 Å². The van der Waals surface area contributed by atoms with Crippen molar-refractivity contribution in [3.63, 3.8) is 0 Å². The van der Waals surface area contributed by atoms with E-state index in [0.717, 1.165) is 43.3 Å². The van der Waals surface area contributed by atoms with Gasteiger partial charge in [0.2, 0.25) is 12.1 Å². The van der Waals surface area contributed by atoms with Gasteiger partial charge in [0.15, 0.2) is 11.9 Å². The van der Waals surface area contributed by atoms with E-state index in [1.807, 2.05) is 6.92 Å². The summed E-state index contributed by atoms with van der Waals surface area (Å²) in [5.74, 6) is -5.79. The van der Waals surface area contributed by atoms with Crippen molar-refractivity contribution in [2.45, 2.75) is 69.9 Å². The third-order valence-electron chi connectivity index (χ3n) is 5.27. The van der Waals surface area contributed by atoms with Crippen LogP contribution in [0.5, 0.6) is 0 Å². The first kappa shape index (κ1) is 28.7. The Kier molecular flexibility index (Phi) is 10.6. The first-order chi connectivity index (χ1) is 16.5. The molecular weight excluding hydrogens is 490 g/mol. The number of ether oxygens (including phenoxy) is 2. The van der Waals surface area contributed by atoms with Crippen LogP contribution in [0.25, 0.3) is 0 Å². The van der Waals surface area contributed by atoms with Gasteiger partial charge in [-0.15, -0.1) is 11.8 Å². The molecule has 0 spiro atoms. The van der Waals surface area contributed by atoms with Gasteiger partial charge in [-0.05, 0) is 19.4 Å². The number of nitrogens with one attached hydrogen (secondary N) is 1. The molecule has 196 valence electrons. The van der Waals surface area contributed by atoms with Crippen LogP contribution in [-0.4, -0.2) is 74.6 Å². The molecule has 1 aliphatic rings. The number of halogens is 2. The third kappa shape index (κ3) is 7.97. The Balaban J connectivity index is 1.80. The number of alkyl halides is 2. The monoisotopic (exact) mass is 520 g/mol. The second-order valence-electron chi connectivity index (χ2n) is 8.09. The molecule has 4 N–H and O–H groups in total. The number of Topliss-reactive ketones (excluding diaryl/α,β-unsaturated/α-hetero) is 1. The summed E-state index contributed by atoms with van der Waals surface area (Å²) in [6.45, 7) is 2.73. The van der Waals surface area contributed by atoms with Gasteiger partial charge in [-0.25, -0.2) is 4.79 Å². The highest BCUT2D eigenvalue weighted by Crippen LogP contribution is 2.42. The average Bonchev–Trinajstić information content (AvgIpc) is 3.00. The van der Waals surface area contributed by atoms with Crippen molar-refractivity contribution in [2.24, 2.45) is 0 Å². The molecule has 1 aliphatic heterocycles. The van der Waals surface area contributed by atoms with E-state index in [1.165, 1.54) is 6.92 Å². The number of hydrogen-bond acceptors (Lipinski definition) is 10. The van der Waals surface area contributed by atoms with Crippen LogP contribution in [0, 0.1) is 0 Å². The molecule has 1 saturated heterocycles. The van der Waals surface area contributed by atoms with Gasteiger partial charge < -0.3 is 25.6 Å². The van der Waals surface area contributed by atoms with E-state index in [-0.39, 0.29) is 23.1 Å². The quantitative estimate of drug-likeness (QED) is 0.249. The van der Waals surface area contributed by atoms with Gasteiger partial charge in [-0.2, -0.15) is 13.8 Å². The van der Waals surface area contributed by atoms with E-state index in [0.29, 0.717) is 11.0 Å². The number of unbranched alkanes of at least 4 members (excludes halogenated alkanes) is 2. The van der Waals surface area contributed by atoms with E-state index in [2.05, 4.69) is 10.3 Å². The molecular formula is C21H30F2N4O7S. The summed E-state index contributed by atoms with van der Waals surface area (Å²) in [6, 6.07) is 0.540. The Morgan fingerprint density at radius 3 is 2.71 bits per heavy atom. The zero-order valence-corrected chi connectivity index (χ0v) is 20.3. The predicted octanol–water partition coefficient (Wildman–Crippen LogP) is 0.650. The molecule has 0 radical (unpaired) electrons. The minimum atomic E-state index is -3.87. The van der Waals surface area contributed by atoms with Crippen LogP contribution in [0.2, 0.25) is 0 Å². The molecule has 1 amide bonds. The van der Waals surface area contributed by atoms with Crippen molar-refractivity contribution in [1.29, 1.82) is 0 Å². The molecule has 0 aliphatic carbocycles. The first-order valence-electron chi connectivity index (χ1n) is 11.1. The number of amides is 1. The number of esters is 1. The number of nitrogens with zero attached hydrogens (tertiary/aromatic N) is 2. The number of carbonyl (C=O) groups is 3. The average molecular weight is 521 g/mol. The zero-order valence-electron chi connectivity index (χ0n) is 19.4. The molecule has 1 aromatic rings. The molecule has 0 saturated carbocycles. The standard InChI is InChI=1S/C21H30F2N4O7S/c1-3-4-5-6-13(12(2)28)25-16(29)10-35-11-17(30)33-9-14-18(31)21(22,23)19(34-14)27-8-7-15(24)26-20(27)32/h7-8,13-14,18-19,31H,3-6,9-11H2,1-2H3,(H,25,29)(H2,24,26,32)/t13?,14-,18+,19-/m1/s1. The number of thioether (sulfide) groups is 1. The number of aliphatic hydroxyl groups excluding tert-OH is 1. The number of ketones is 1. The van der Waals surface area contributed by atoms with Gasteiger partial charge in [-0.3, -0.25) is 19.0 Å². The van der Waals surface area contributed by atoms with Gasteiger partial charge in [0.05, 0.1) is 17.5 Å². The number of aliphatic hydroxyl groups is 1. The fourth-order valence-electron chi connectivity index (χ4n) is 3.37. The molecule has 1 fully saturated rings. The Labute approximate surface area is 204 Å². The van der Waals surface area contributed by atoms with Crippen molar-refractivity contribution in [1.82, 2.24) is 14.9 Å². The summed E-state index contributed by atoms with van der Waals surface area (Å²) >= 11 is 0.920. The van der Waals surface area contributed by atoms with Crippen LogP contribution >= 0.6 is 11.8 Å². The highest BCUT2D eigenvalue weighted by Gasteiger charge is 2.60.